The monoisotopic (exact) mass is 262 g/mol. The number of carbonyl (C=O) groups excluding carboxylic acids is 1. The molecule has 0 radical (unpaired) electrons. The zero-order valence-electron chi connectivity index (χ0n) is 10.9. The second-order valence-corrected chi connectivity index (χ2v) is 5.08. The number of nitrogens with one attached hydrogen (secondary N) is 2. The molecule has 3 rings (SSSR count). The number of benzene rings is 1. The quantitative estimate of drug-likeness (QED) is 0.835. The van der Waals surface area contributed by atoms with E-state index in [1.807, 2.05) is 31.2 Å². The van der Waals surface area contributed by atoms with Crippen molar-refractivity contribution in [2.45, 2.75) is 19.1 Å². The van der Waals surface area contributed by atoms with Gasteiger partial charge in [-0.2, -0.15) is 0 Å². The maximum Gasteiger partial charge on any atom is 0.265 e. The van der Waals surface area contributed by atoms with Gasteiger partial charge in [-0.15, -0.1) is 0 Å². The maximum atomic E-state index is 12.1. The predicted octanol–water partition coefficient (Wildman–Crippen LogP) is 0.550. The van der Waals surface area contributed by atoms with Crippen LogP contribution in [0.3, 0.4) is 0 Å². The van der Waals surface area contributed by atoms with Gasteiger partial charge in [-0.25, -0.2) is 0 Å². The molecule has 0 aromatic heterocycles. The van der Waals surface area contributed by atoms with Crippen LogP contribution in [0.15, 0.2) is 24.3 Å². The van der Waals surface area contributed by atoms with E-state index >= 15 is 0 Å². The van der Waals surface area contributed by atoms with E-state index in [4.69, 9.17) is 9.47 Å². The molecule has 5 heteroatoms. The van der Waals surface area contributed by atoms with Gasteiger partial charge in [-0.1, -0.05) is 12.1 Å². The largest absolute Gasteiger partial charge is 0.482 e. The minimum absolute atomic E-state index is 0.103. The van der Waals surface area contributed by atoms with Gasteiger partial charge >= 0.3 is 0 Å². The van der Waals surface area contributed by atoms with Crippen molar-refractivity contribution in [3.8, 4) is 11.5 Å². The Morgan fingerprint density at radius 2 is 2.00 bits per heavy atom. The van der Waals surface area contributed by atoms with E-state index in [1.165, 1.54) is 0 Å². The maximum absolute atomic E-state index is 12.1. The molecule has 0 saturated carbocycles. The van der Waals surface area contributed by atoms with Crippen LogP contribution in [-0.4, -0.2) is 37.7 Å². The Kier molecular flexibility index (Phi) is 3.29. The average Bonchev–Trinajstić information content (AvgIpc) is 2.36. The molecular formula is C14H18N2O3. The lowest BCUT2D eigenvalue weighted by molar-refractivity contribution is -0.133. The molecule has 1 aromatic rings. The first-order chi connectivity index (χ1) is 9.24. The molecule has 2 aliphatic rings. The zero-order chi connectivity index (χ0) is 13.2. The van der Waals surface area contributed by atoms with E-state index in [1.54, 1.807) is 0 Å². The molecule has 102 valence electrons. The molecule has 5 nitrogen and oxygen atoms in total. The Labute approximate surface area is 112 Å². The van der Waals surface area contributed by atoms with Gasteiger partial charge in [0.05, 0.1) is 0 Å². The molecule has 0 spiro atoms. The summed E-state index contributed by atoms with van der Waals surface area (Å²) in [6.07, 6.45) is -0.864. The fraction of sp³-hybridized carbons (Fsp3) is 0.500. The summed E-state index contributed by atoms with van der Waals surface area (Å²) < 4.78 is 11.5. The number of carbonyl (C=O) groups is 1. The third kappa shape index (κ3) is 2.51. The molecule has 19 heavy (non-hydrogen) atoms. The van der Waals surface area contributed by atoms with E-state index in [0.717, 1.165) is 13.1 Å². The van der Waals surface area contributed by atoms with E-state index in [2.05, 4.69) is 10.6 Å². The number of fused-ring (bicyclic) bond motifs is 1. The van der Waals surface area contributed by atoms with Crippen LogP contribution in [0.4, 0.5) is 0 Å². The Morgan fingerprint density at radius 3 is 2.63 bits per heavy atom. The number of hydrogen-bond donors (Lipinski definition) is 2. The van der Waals surface area contributed by atoms with E-state index in [0.29, 0.717) is 24.0 Å². The summed E-state index contributed by atoms with van der Waals surface area (Å²) in [6, 6.07) is 7.42. The van der Waals surface area contributed by atoms with Gasteiger partial charge in [-0.3, -0.25) is 4.79 Å². The summed E-state index contributed by atoms with van der Waals surface area (Å²) in [5.74, 6) is 1.76. The fourth-order valence-corrected chi connectivity index (χ4v) is 2.24. The number of hydrogen-bond acceptors (Lipinski definition) is 4. The van der Waals surface area contributed by atoms with Crippen molar-refractivity contribution in [2.75, 3.05) is 19.6 Å². The minimum atomic E-state index is -0.581. The standard InChI is InChI=1S/C14H18N2O3/c1-9-13(14(17)16-8-10-6-15-7-10)19-12-5-3-2-4-11(12)18-9/h2-5,9-10,13,15H,6-8H2,1H3,(H,16,17). The van der Waals surface area contributed by atoms with Gasteiger partial charge < -0.3 is 20.1 Å². The molecule has 0 bridgehead atoms. The van der Waals surface area contributed by atoms with E-state index < -0.39 is 6.10 Å². The molecule has 0 aliphatic carbocycles. The number of amides is 1. The first kappa shape index (κ1) is 12.3. The third-order valence-electron chi connectivity index (χ3n) is 3.53. The molecule has 1 aromatic carbocycles. The lowest BCUT2D eigenvalue weighted by atomic mass is 10.0. The summed E-state index contributed by atoms with van der Waals surface area (Å²) in [5, 5.41) is 6.11. The Hall–Kier alpha value is -1.75. The highest BCUT2D eigenvalue weighted by Gasteiger charge is 2.34. The van der Waals surface area contributed by atoms with Crippen molar-refractivity contribution in [1.29, 1.82) is 0 Å². The molecule has 2 heterocycles. The fourth-order valence-electron chi connectivity index (χ4n) is 2.24. The first-order valence-electron chi connectivity index (χ1n) is 6.65. The second kappa shape index (κ2) is 5.09. The summed E-state index contributed by atoms with van der Waals surface area (Å²) in [4.78, 5) is 12.1. The van der Waals surface area contributed by atoms with Crippen molar-refractivity contribution in [2.24, 2.45) is 5.92 Å². The summed E-state index contributed by atoms with van der Waals surface area (Å²) in [7, 11) is 0. The van der Waals surface area contributed by atoms with Gasteiger partial charge in [0.2, 0.25) is 6.10 Å². The highest BCUT2D eigenvalue weighted by Crippen LogP contribution is 2.33. The van der Waals surface area contributed by atoms with Crippen LogP contribution in [-0.2, 0) is 4.79 Å². The lowest BCUT2D eigenvalue weighted by Gasteiger charge is -2.32. The van der Waals surface area contributed by atoms with E-state index in [9.17, 15) is 4.79 Å². The van der Waals surface area contributed by atoms with Crippen molar-refractivity contribution < 1.29 is 14.3 Å². The zero-order valence-corrected chi connectivity index (χ0v) is 10.9. The van der Waals surface area contributed by atoms with Crippen molar-refractivity contribution >= 4 is 5.91 Å². The highest BCUT2D eigenvalue weighted by atomic mass is 16.6. The van der Waals surface area contributed by atoms with Crippen LogP contribution in [0, 0.1) is 5.92 Å². The molecule has 2 atom stereocenters. The normalized spacial score (nSPS) is 25.5. The summed E-state index contributed by atoms with van der Waals surface area (Å²) >= 11 is 0. The minimum Gasteiger partial charge on any atom is -0.482 e. The topological polar surface area (TPSA) is 59.6 Å². The molecule has 1 saturated heterocycles. The van der Waals surface area contributed by atoms with Crippen LogP contribution in [0.2, 0.25) is 0 Å². The average molecular weight is 262 g/mol. The van der Waals surface area contributed by atoms with Gasteiger partial charge in [0.15, 0.2) is 11.5 Å². The molecule has 2 aliphatic heterocycles. The molecule has 1 fully saturated rings. The van der Waals surface area contributed by atoms with Crippen LogP contribution >= 0.6 is 0 Å². The summed E-state index contributed by atoms with van der Waals surface area (Å²) in [6.45, 7) is 4.49. The summed E-state index contributed by atoms with van der Waals surface area (Å²) in [5.41, 5.74) is 0. The van der Waals surface area contributed by atoms with Crippen LogP contribution < -0.4 is 20.1 Å². The Balaban J connectivity index is 1.62. The Morgan fingerprint density at radius 1 is 1.32 bits per heavy atom. The molecule has 2 unspecified atom stereocenters. The smallest absolute Gasteiger partial charge is 0.265 e. The van der Waals surface area contributed by atoms with Crippen LogP contribution in [0.25, 0.3) is 0 Å². The highest BCUT2D eigenvalue weighted by molar-refractivity contribution is 5.82. The van der Waals surface area contributed by atoms with Gasteiger partial charge in [0, 0.05) is 25.6 Å². The SMILES string of the molecule is CC1Oc2ccccc2OC1C(=O)NCC1CNC1. The molecule has 1 amide bonds. The van der Waals surface area contributed by atoms with Crippen molar-refractivity contribution in [3.63, 3.8) is 0 Å². The van der Waals surface area contributed by atoms with Gasteiger partial charge in [0.1, 0.15) is 6.10 Å². The van der Waals surface area contributed by atoms with Crippen LogP contribution in [0.5, 0.6) is 11.5 Å². The Bertz CT molecular complexity index is 474. The van der Waals surface area contributed by atoms with Crippen molar-refractivity contribution in [1.82, 2.24) is 10.6 Å². The number of ether oxygens (including phenoxy) is 2. The molecular weight excluding hydrogens is 244 g/mol. The first-order valence-corrected chi connectivity index (χ1v) is 6.65. The number of rotatable bonds is 3. The van der Waals surface area contributed by atoms with Gasteiger partial charge in [0.25, 0.3) is 5.91 Å². The van der Waals surface area contributed by atoms with Crippen molar-refractivity contribution in [3.05, 3.63) is 24.3 Å². The van der Waals surface area contributed by atoms with E-state index in [-0.39, 0.29) is 12.0 Å². The number of para-hydroxylation sites is 2. The lowest BCUT2D eigenvalue weighted by Crippen LogP contribution is -2.53. The predicted molar refractivity (Wildman–Crippen MR) is 70.3 cm³/mol. The van der Waals surface area contributed by atoms with Gasteiger partial charge in [-0.05, 0) is 19.1 Å². The second-order valence-electron chi connectivity index (χ2n) is 5.08. The third-order valence-corrected chi connectivity index (χ3v) is 3.53. The molecule has 2 N–H and O–H groups in total. The van der Waals surface area contributed by atoms with Crippen LogP contribution in [0.1, 0.15) is 6.92 Å².